The Morgan fingerprint density at radius 3 is 2.38 bits per heavy atom. The number of thioether (sulfide) groups is 1. The van der Waals surface area contributed by atoms with E-state index in [1.807, 2.05) is 6.26 Å². The second-order valence-electron chi connectivity index (χ2n) is 15.9. The zero-order valence-electron chi connectivity index (χ0n) is 32.0. The molecule has 0 aromatic heterocycles. The molecule has 0 N–H and O–H groups in total. The van der Waals surface area contributed by atoms with E-state index in [4.69, 9.17) is 45.4 Å². The molecule has 10 atom stereocenters. The Bertz CT molecular complexity index is 1270. The molecular formula is C39H62O9S2. The van der Waals surface area contributed by atoms with Gasteiger partial charge in [0.05, 0.1) is 14.2 Å². The Morgan fingerprint density at radius 2 is 1.74 bits per heavy atom. The van der Waals surface area contributed by atoms with Crippen molar-refractivity contribution in [3.8, 4) is 0 Å². The number of hydrogen-bond acceptors (Lipinski definition) is 11. The first-order valence-electron chi connectivity index (χ1n) is 18.5. The number of methoxy groups -OCH3 is 3. The molecule has 4 rings (SSSR count). The van der Waals surface area contributed by atoms with Gasteiger partial charge in [-0.2, -0.15) is 0 Å². The first kappa shape index (κ1) is 40.9. The van der Waals surface area contributed by atoms with E-state index >= 15 is 0 Å². The highest BCUT2D eigenvalue weighted by atomic mass is 32.2. The lowest BCUT2D eigenvalue weighted by Gasteiger charge is -2.57. The summed E-state index contributed by atoms with van der Waals surface area (Å²) >= 11 is 7.03. The van der Waals surface area contributed by atoms with Gasteiger partial charge < -0.3 is 33.2 Å². The van der Waals surface area contributed by atoms with E-state index in [1.54, 1.807) is 7.11 Å². The van der Waals surface area contributed by atoms with Crippen molar-refractivity contribution < 1.29 is 42.7 Å². The lowest BCUT2D eigenvalue weighted by Crippen LogP contribution is -2.54. The number of fused-ring (bicyclic) bond motifs is 5. The first-order valence-corrected chi connectivity index (χ1v) is 20.1. The van der Waals surface area contributed by atoms with Crippen molar-refractivity contribution in [2.75, 3.05) is 34.4 Å². The smallest absolute Gasteiger partial charge is 0.472 e. The topological polar surface area (TPSA) is 98.8 Å². The third-order valence-electron chi connectivity index (χ3n) is 13.1. The van der Waals surface area contributed by atoms with E-state index in [1.165, 1.54) is 44.4 Å². The highest BCUT2D eigenvalue weighted by molar-refractivity contribution is 8.22. The minimum Gasteiger partial charge on any atom is -0.472 e. The minimum atomic E-state index is -0.726. The maximum absolute atomic E-state index is 12.6. The monoisotopic (exact) mass is 738 g/mol. The molecule has 0 heterocycles. The maximum Gasteiger partial charge on any atom is 0.508 e. The van der Waals surface area contributed by atoms with Gasteiger partial charge in [-0.3, -0.25) is 0 Å². The van der Waals surface area contributed by atoms with Crippen LogP contribution in [0.5, 0.6) is 0 Å². The van der Waals surface area contributed by atoms with Crippen LogP contribution >= 0.6 is 24.0 Å². The standard InChI is InChI=1S/C39H62O9S2/c1-11-12-13-25(20-32(48-36(49)50-10)37(3,4)45-23-42-7)24(2)29-16-17-30-28-15-14-26-21-27(46-34(40)43-8)22-33(47-35(41)44-9)39(26,6)31(28)18-19-38(29,30)5/h14-15,24-25,27,29-33H,11-13,16-23H2,1-10H3/t24-,25-,27+,29+,30-,31?,32?,33-,38+,39-/m0/s1. The summed E-state index contributed by atoms with van der Waals surface area (Å²) in [4.78, 5) is 24.6. The quantitative estimate of drug-likeness (QED) is 0.0968. The summed E-state index contributed by atoms with van der Waals surface area (Å²) in [5.41, 5.74) is 1.79. The summed E-state index contributed by atoms with van der Waals surface area (Å²) in [5.74, 6) is 2.14. The van der Waals surface area contributed by atoms with E-state index in [2.05, 4.69) is 53.7 Å². The molecule has 11 heteroatoms. The van der Waals surface area contributed by atoms with Crippen LogP contribution in [0.1, 0.15) is 106 Å². The van der Waals surface area contributed by atoms with Crippen LogP contribution in [0.4, 0.5) is 9.59 Å². The van der Waals surface area contributed by atoms with Gasteiger partial charge in [0, 0.05) is 25.4 Å². The third kappa shape index (κ3) is 8.52. The van der Waals surface area contributed by atoms with Gasteiger partial charge in [-0.25, -0.2) is 9.59 Å². The second kappa shape index (κ2) is 17.3. The molecule has 4 aliphatic rings. The van der Waals surface area contributed by atoms with Crippen LogP contribution in [0, 0.1) is 40.4 Å². The fourth-order valence-electron chi connectivity index (χ4n) is 10.1. The fourth-order valence-corrected chi connectivity index (χ4v) is 10.5. The summed E-state index contributed by atoms with van der Waals surface area (Å²) < 4.78 is 39.8. The number of thiocarbonyl (C=S) groups is 1. The molecular weight excluding hydrogens is 677 g/mol. The van der Waals surface area contributed by atoms with Crippen molar-refractivity contribution in [2.24, 2.45) is 40.4 Å². The Labute approximate surface area is 310 Å². The number of rotatable bonds is 14. The van der Waals surface area contributed by atoms with E-state index in [9.17, 15) is 9.59 Å². The zero-order valence-corrected chi connectivity index (χ0v) is 33.7. The Balaban J connectivity index is 1.62. The summed E-state index contributed by atoms with van der Waals surface area (Å²) in [6.45, 7) is 13.9. The van der Waals surface area contributed by atoms with Crippen molar-refractivity contribution in [1.29, 1.82) is 0 Å². The maximum atomic E-state index is 12.6. The van der Waals surface area contributed by atoms with Crippen LogP contribution in [0.25, 0.3) is 0 Å². The molecule has 0 saturated heterocycles. The number of carbonyl (C=O) groups excluding carboxylic acids is 2. The van der Waals surface area contributed by atoms with Gasteiger partial charge in [-0.1, -0.05) is 82.0 Å². The molecule has 2 unspecified atom stereocenters. The number of unbranched alkanes of at least 4 members (excludes halogenated alkanes) is 1. The Kier molecular flexibility index (Phi) is 14.2. The van der Waals surface area contributed by atoms with Crippen molar-refractivity contribution in [2.45, 2.75) is 130 Å². The molecule has 9 nitrogen and oxygen atoms in total. The molecule has 0 spiro atoms. The molecule has 0 amide bonds. The van der Waals surface area contributed by atoms with E-state index < -0.39 is 35.5 Å². The van der Waals surface area contributed by atoms with Gasteiger partial charge in [-0.15, -0.1) is 0 Å². The molecule has 4 aliphatic carbocycles. The van der Waals surface area contributed by atoms with Crippen LogP contribution in [0.2, 0.25) is 0 Å². The zero-order chi connectivity index (χ0) is 36.9. The van der Waals surface area contributed by atoms with Crippen LogP contribution in [-0.2, 0) is 33.2 Å². The number of ether oxygens (including phenoxy) is 7. The minimum absolute atomic E-state index is 0.144. The Hall–Kier alpha value is -1.82. The molecule has 0 aromatic rings. The largest absolute Gasteiger partial charge is 0.508 e. The van der Waals surface area contributed by atoms with Crippen LogP contribution in [0.3, 0.4) is 0 Å². The summed E-state index contributed by atoms with van der Waals surface area (Å²) in [6, 6.07) is 0. The van der Waals surface area contributed by atoms with Gasteiger partial charge in [0.15, 0.2) is 0 Å². The van der Waals surface area contributed by atoms with Gasteiger partial charge >= 0.3 is 12.3 Å². The molecule has 0 aliphatic heterocycles. The normalized spacial score (nSPS) is 32.2. The predicted octanol–water partition coefficient (Wildman–Crippen LogP) is 9.66. The SMILES string of the molecule is CCCC[C@@H](CC(OC(=S)SC)C(C)(C)OCOC)[C@H](C)[C@H]1CC[C@H]2C3=CC=C4C[C@@H](OC(=O)OC)C[C@H](OC(=O)OC)[C@]4(C)C3CC[C@]12C. The lowest BCUT2D eigenvalue weighted by atomic mass is 9.49. The molecule has 0 radical (unpaired) electrons. The van der Waals surface area contributed by atoms with Crippen LogP contribution in [0.15, 0.2) is 23.3 Å². The average molecular weight is 739 g/mol. The highest BCUT2D eigenvalue weighted by Gasteiger charge is 2.60. The molecule has 3 fully saturated rings. The predicted molar refractivity (Wildman–Crippen MR) is 200 cm³/mol. The van der Waals surface area contributed by atoms with Crippen molar-refractivity contribution in [3.63, 3.8) is 0 Å². The molecule has 284 valence electrons. The van der Waals surface area contributed by atoms with Gasteiger partial charge in [-0.05, 0) is 99.4 Å². The van der Waals surface area contributed by atoms with Crippen molar-refractivity contribution in [1.82, 2.24) is 0 Å². The second-order valence-corrected chi connectivity index (χ2v) is 17.3. The van der Waals surface area contributed by atoms with E-state index in [-0.39, 0.29) is 24.2 Å². The Morgan fingerprint density at radius 1 is 1.04 bits per heavy atom. The van der Waals surface area contributed by atoms with Gasteiger partial charge in [0.1, 0.15) is 30.7 Å². The van der Waals surface area contributed by atoms with Crippen molar-refractivity contribution >= 4 is 40.7 Å². The molecule has 50 heavy (non-hydrogen) atoms. The summed E-state index contributed by atoms with van der Waals surface area (Å²) in [5, 5.41) is 0. The molecule has 0 bridgehead atoms. The van der Waals surface area contributed by atoms with Crippen LogP contribution in [-0.4, -0.2) is 75.0 Å². The molecule has 0 aromatic carbocycles. The van der Waals surface area contributed by atoms with Crippen LogP contribution < -0.4 is 0 Å². The lowest BCUT2D eigenvalue weighted by molar-refractivity contribution is -0.160. The van der Waals surface area contributed by atoms with E-state index in [0.717, 1.165) is 44.1 Å². The fraction of sp³-hybridized carbons (Fsp3) is 0.821. The summed E-state index contributed by atoms with van der Waals surface area (Å²) in [6.07, 6.45) is 13.7. The number of carbonyl (C=O) groups is 2. The number of allylic oxidation sites excluding steroid dienone is 3. The molecule has 3 saturated carbocycles. The summed E-state index contributed by atoms with van der Waals surface area (Å²) in [7, 11) is 4.28. The average Bonchev–Trinajstić information content (AvgIpc) is 3.45. The van der Waals surface area contributed by atoms with Gasteiger partial charge in [0.2, 0.25) is 4.38 Å². The van der Waals surface area contributed by atoms with Gasteiger partial charge in [0.25, 0.3) is 0 Å². The third-order valence-corrected chi connectivity index (χ3v) is 14.1. The number of hydrogen-bond donors (Lipinski definition) is 0. The highest BCUT2D eigenvalue weighted by Crippen LogP contribution is 2.67. The van der Waals surface area contributed by atoms with E-state index in [0.29, 0.717) is 40.9 Å². The van der Waals surface area contributed by atoms with Crippen molar-refractivity contribution in [3.05, 3.63) is 23.3 Å². The first-order chi connectivity index (χ1) is 23.7.